The van der Waals surface area contributed by atoms with Gasteiger partial charge >= 0.3 is 0 Å². The zero-order chi connectivity index (χ0) is 16.1. The number of nitrogens with one attached hydrogen (secondary N) is 1. The van der Waals surface area contributed by atoms with Crippen molar-refractivity contribution in [3.8, 4) is 17.2 Å². The highest BCUT2D eigenvalue weighted by Crippen LogP contribution is 2.29. The second kappa shape index (κ2) is 6.76. The fraction of sp³-hybridized carbons (Fsp3) is 0.100. The molecule has 23 heavy (non-hydrogen) atoms. The van der Waals surface area contributed by atoms with Crippen molar-refractivity contribution in [2.75, 3.05) is 5.32 Å². The van der Waals surface area contributed by atoms with Crippen LogP contribution in [0.1, 0.15) is 24.1 Å². The minimum atomic E-state index is 0.0711. The van der Waals surface area contributed by atoms with Gasteiger partial charge in [-0.1, -0.05) is 60.7 Å². The number of aromatic nitrogens is 1. The predicted molar refractivity (Wildman–Crippen MR) is 92.9 cm³/mol. The van der Waals surface area contributed by atoms with Crippen molar-refractivity contribution in [1.29, 1.82) is 5.26 Å². The van der Waals surface area contributed by atoms with E-state index in [9.17, 15) is 5.26 Å². The van der Waals surface area contributed by atoms with E-state index in [1.807, 2.05) is 54.6 Å². The minimum absolute atomic E-state index is 0.0711. The van der Waals surface area contributed by atoms with Crippen molar-refractivity contribution >= 4 is 5.82 Å². The monoisotopic (exact) mass is 299 g/mol. The second-order valence-corrected chi connectivity index (χ2v) is 5.34. The van der Waals surface area contributed by atoms with Gasteiger partial charge in [-0.2, -0.15) is 5.26 Å². The topological polar surface area (TPSA) is 48.7 Å². The minimum Gasteiger partial charge on any atom is -0.362 e. The number of hydrogen-bond donors (Lipinski definition) is 1. The Balaban J connectivity index is 1.96. The molecule has 0 saturated heterocycles. The number of benzene rings is 2. The van der Waals surface area contributed by atoms with Crippen LogP contribution in [0.3, 0.4) is 0 Å². The smallest absolute Gasteiger partial charge is 0.145 e. The Morgan fingerprint density at radius 3 is 2.26 bits per heavy atom. The normalized spacial score (nSPS) is 11.5. The van der Waals surface area contributed by atoms with Crippen molar-refractivity contribution in [2.45, 2.75) is 13.0 Å². The summed E-state index contributed by atoms with van der Waals surface area (Å²) in [5.74, 6) is 0.616. The highest BCUT2D eigenvalue weighted by atomic mass is 15.0. The van der Waals surface area contributed by atoms with Gasteiger partial charge in [-0.3, -0.25) is 0 Å². The van der Waals surface area contributed by atoms with E-state index in [0.29, 0.717) is 11.4 Å². The van der Waals surface area contributed by atoms with Gasteiger partial charge in [0.2, 0.25) is 0 Å². The van der Waals surface area contributed by atoms with Crippen LogP contribution in [0.2, 0.25) is 0 Å². The molecule has 3 nitrogen and oxygen atoms in total. The van der Waals surface area contributed by atoms with Crippen LogP contribution in [-0.2, 0) is 0 Å². The Labute approximate surface area is 136 Å². The maximum atomic E-state index is 9.61. The average Bonchev–Trinajstić information content (AvgIpc) is 2.63. The fourth-order valence-electron chi connectivity index (χ4n) is 2.57. The molecule has 3 aromatic rings. The lowest BCUT2D eigenvalue weighted by Gasteiger charge is -2.17. The molecule has 0 aliphatic carbocycles. The molecule has 1 heterocycles. The SMILES string of the molecule is CC(Nc1nccc(-c2ccccc2)c1C#N)c1ccccc1. The molecule has 0 aliphatic heterocycles. The van der Waals surface area contributed by atoms with E-state index in [4.69, 9.17) is 0 Å². The van der Waals surface area contributed by atoms with E-state index < -0.39 is 0 Å². The Hall–Kier alpha value is -3.12. The number of pyridine rings is 1. The molecular weight excluding hydrogens is 282 g/mol. The van der Waals surface area contributed by atoms with Gasteiger partial charge in [0.25, 0.3) is 0 Å². The number of nitriles is 1. The van der Waals surface area contributed by atoms with Gasteiger partial charge < -0.3 is 5.32 Å². The number of anilines is 1. The maximum Gasteiger partial charge on any atom is 0.145 e. The van der Waals surface area contributed by atoms with Gasteiger partial charge in [0.05, 0.1) is 0 Å². The highest BCUT2D eigenvalue weighted by molar-refractivity contribution is 5.75. The standard InChI is InChI=1S/C20H17N3/c1-15(16-8-4-2-5-9-16)23-20-19(14-21)18(12-13-22-20)17-10-6-3-7-11-17/h2-13,15H,1H3,(H,22,23). The lowest BCUT2D eigenvalue weighted by molar-refractivity contribution is 0.874. The first-order chi connectivity index (χ1) is 11.3. The van der Waals surface area contributed by atoms with E-state index in [-0.39, 0.29) is 6.04 Å². The van der Waals surface area contributed by atoms with Gasteiger partial charge in [-0.05, 0) is 24.1 Å². The molecule has 0 fully saturated rings. The van der Waals surface area contributed by atoms with E-state index in [0.717, 1.165) is 16.7 Å². The first-order valence-electron chi connectivity index (χ1n) is 7.55. The lowest BCUT2D eigenvalue weighted by Crippen LogP contribution is -2.09. The van der Waals surface area contributed by atoms with Gasteiger partial charge in [0, 0.05) is 17.8 Å². The summed E-state index contributed by atoms with van der Waals surface area (Å²) in [5, 5.41) is 13.0. The molecule has 112 valence electrons. The van der Waals surface area contributed by atoms with Crippen LogP contribution in [0.25, 0.3) is 11.1 Å². The molecule has 0 spiro atoms. The lowest BCUT2D eigenvalue weighted by atomic mass is 10.0. The van der Waals surface area contributed by atoms with Crippen LogP contribution in [0.5, 0.6) is 0 Å². The maximum absolute atomic E-state index is 9.61. The molecule has 1 N–H and O–H groups in total. The Morgan fingerprint density at radius 1 is 0.957 bits per heavy atom. The number of hydrogen-bond acceptors (Lipinski definition) is 3. The van der Waals surface area contributed by atoms with Crippen LogP contribution in [0.15, 0.2) is 72.9 Å². The molecule has 3 heteroatoms. The Kier molecular flexibility index (Phi) is 4.35. The third-order valence-corrected chi connectivity index (χ3v) is 3.80. The molecule has 1 unspecified atom stereocenters. The summed E-state index contributed by atoms with van der Waals surface area (Å²) in [6.45, 7) is 2.06. The van der Waals surface area contributed by atoms with Crippen molar-refractivity contribution in [2.24, 2.45) is 0 Å². The van der Waals surface area contributed by atoms with Gasteiger partial charge in [0.1, 0.15) is 17.5 Å². The third kappa shape index (κ3) is 3.22. The number of nitrogens with zero attached hydrogens (tertiary/aromatic N) is 2. The van der Waals surface area contributed by atoms with Crippen LogP contribution in [0.4, 0.5) is 5.82 Å². The summed E-state index contributed by atoms with van der Waals surface area (Å²) in [6, 6.07) is 24.3. The largest absolute Gasteiger partial charge is 0.362 e. The van der Waals surface area contributed by atoms with E-state index in [1.165, 1.54) is 0 Å². The first kappa shape index (κ1) is 14.8. The van der Waals surface area contributed by atoms with Gasteiger partial charge in [-0.15, -0.1) is 0 Å². The summed E-state index contributed by atoms with van der Waals surface area (Å²) in [7, 11) is 0. The van der Waals surface area contributed by atoms with E-state index in [2.05, 4.69) is 35.4 Å². The van der Waals surface area contributed by atoms with Crippen molar-refractivity contribution in [3.63, 3.8) is 0 Å². The van der Waals surface area contributed by atoms with Crippen LogP contribution in [-0.4, -0.2) is 4.98 Å². The van der Waals surface area contributed by atoms with Crippen LogP contribution < -0.4 is 5.32 Å². The molecule has 3 rings (SSSR count). The fourth-order valence-corrected chi connectivity index (χ4v) is 2.57. The summed E-state index contributed by atoms with van der Waals surface area (Å²) in [6.07, 6.45) is 1.74. The summed E-state index contributed by atoms with van der Waals surface area (Å²) < 4.78 is 0. The summed E-state index contributed by atoms with van der Waals surface area (Å²) in [5.41, 5.74) is 3.64. The average molecular weight is 299 g/mol. The van der Waals surface area contributed by atoms with Crippen molar-refractivity contribution in [3.05, 3.63) is 84.1 Å². The molecule has 0 saturated carbocycles. The summed E-state index contributed by atoms with van der Waals surface area (Å²) >= 11 is 0. The third-order valence-electron chi connectivity index (χ3n) is 3.80. The molecule has 0 radical (unpaired) electrons. The molecular formula is C20H17N3. The van der Waals surface area contributed by atoms with Crippen molar-refractivity contribution < 1.29 is 0 Å². The Morgan fingerprint density at radius 2 is 1.61 bits per heavy atom. The predicted octanol–water partition coefficient (Wildman–Crippen LogP) is 4.79. The van der Waals surface area contributed by atoms with Crippen LogP contribution >= 0.6 is 0 Å². The van der Waals surface area contributed by atoms with Crippen molar-refractivity contribution in [1.82, 2.24) is 4.98 Å². The molecule has 2 aromatic carbocycles. The highest BCUT2D eigenvalue weighted by Gasteiger charge is 2.13. The quantitative estimate of drug-likeness (QED) is 0.753. The zero-order valence-corrected chi connectivity index (χ0v) is 12.9. The second-order valence-electron chi connectivity index (χ2n) is 5.34. The Bertz CT molecular complexity index is 821. The summed E-state index contributed by atoms with van der Waals surface area (Å²) in [4.78, 5) is 4.37. The van der Waals surface area contributed by atoms with Gasteiger partial charge in [-0.25, -0.2) is 4.98 Å². The van der Waals surface area contributed by atoms with E-state index >= 15 is 0 Å². The molecule has 0 bridgehead atoms. The molecule has 0 amide bonds. The molecule has 0 aliphatic rings. The van der Waals surface area contributed by atoms with Gasteiger partial charge in [0.15, 0.2) is 0 Å². The zero-order valence-electron chi connectivity index (χ0n) is 12.9. The van der Waals surface area contributed by atoms with E-state index in [1.54, 1.807) is 6.20 Å². The van der Waals surface area contributed by atoms with Crippen LogP contribution in [0, 0.1) is 11.3 Å². The molecule has 1 aromatic heterocycles. The molecule has 1 atom stereocenters. The first-order valence-corrected chi connectivity index (χ1v) is 7.55. The number of rotatable bonds is 4.